The number of fused-ring (bicyclic) bond motifs is 1. The lowest BCUT2D eigenvalue weighted by atomic mass is 10.0. The van der Waals surface area contributed by atoms with Crippen molar-refractivity contribution in [2.24, 2.45) is 0 Å². The third kappa shape index (κ3) is 2.80. The zero-order valence-corrected chi connectivity index (χ0v) is 12.9. The van der Waals surface area contributed by atoms with E-state index in [-0.39, 0.29) is 6.04 Å². The molecule has 0 fully saturated rings. The van der Waals surface area contributed by atoms with Gasteiger partial charge in [0.25, 0.3) is 0 Å². The molecule has 0 aliphatic carbocycles. The second kappa shape index (κ2) is 6.17. The van der Waals surface area contributed by atoms with Gasteiger partial charge in [-0.05, 0) is 23.3 Å². The summed E-state index contributed by atoms with van der Waals surface area (Å²) in [5.74, 6) is 0.968. The van der Waals surface area contributed by atoms with E-state index in [1.165, 1.54) is 11.1 Å². The van der Waals surface area contributed by atoms with E-state index in [2.05, 4.69) is 83.8 Å². The molecule has 1 unspecified atom stereocenters. The third-order valence-corrected chi connectivity index (χ3v) is 4.33. The quantitative estimate of drug-likeness (QED) is 0.687. The first-order chi connectivity index (χ1) is 11.4. The van der Waals surface area contributed by atoms with Gasteiger partial charge in [0.1, 0.15) is 12.4 Å². The Morgan fingerprint density at radius 3 is 2.22 bits per heavy atom. The van der Waals surface area contributed by atoms with Gasteiger partial charge in [-0.1, -0.05) is 72.8 Å². The number of benzene rings is 3. The average Bonchev–Trinajstić information content (AvgIpc) is 2.64. The highest BCUT2D eigenvalue weighted by Gasteiger charge is 2.28. The lowest BCUT2D eigenvalue weighted by Gasteiger charge is -2.39. The van der Waals surface area contributed by atoms with Crippen molar-refractivity contribution in [1.82, 2.24) is 0 Å². The van der Waals surface area contributed by atoms with E-state index in [9.17, 15) is 0 Å². The lowest BCUT2D eigenvalue weighted by molar-refractivity contribution is 0.262. The Labute approximate surface area is 137 Å². The van der Waals surface area contributed by atoms with Crippen LogP contribution in [0.3, 0.4) is 0 Å². The molecule has 0 aromatic heterocycles. The highest BCUT2D eigenvalue weighted by atomic mass is 16.5. The molecule has 23 heavy (non-hydrogen) atoms. The second-order valence-electron chi connectivity index (χ2n) is 5.82. The number of anilines is 1. The van der Waals surface area contributed by atoms with Crippen LogP contribution in [0.4, 0.5) is 5.69 Å². The fourth-order valence-electron chi connectivity index (χ4n) is 3.17. The van der Waals surface area contributed by atoms with Gasteiger partial charge in [-0.15, -0.1) is 0 Å². The van der Waals surface area contributed by atoms with E-state index < -0.39 is 0 Å². The van der Waals surface area contributed by atoms with E-state index in [0.29, 0.717) is 6.61 Å². The number of hydrogen-bond acceptors (Lipinski definition) is 2. The van der Waals surface area contributed by atoms with Crippen LogP contribution in [0.1, 0.15) is 17.2 Å². The zero-order valence-electron chi connectivity index (χ0n) is 12.9. The van der Waals surface area contributed by atoms with Crippen LogP contribution >= 0.6 is 0 Å². The Balaban J connectivity index is 1.74. The van der Waals surface area contributed by atoms with E-state index in [4.69, 9.17) is 4.74 Å². The number of ether oxygens (including phenoxy) is 1. The SMILES string of the molecule is c1ccc(CN2c3ccccc3OCC2c2ccccc2)cc1. The summed E-state index contributed by atoms with van der Waals surface area (Å²) >= 11 is 0. The monoisotopic (exact) mass is 301 g/mol. The van der Waals surface area contributed by atoms with Crippen molar-refractivity contribution < 1.29 is 4.74 Å². The van der Waals surface area contributed by atoms with Crippen molar-refractivity contribution in [2.75, 3.05) is 11.5 Å². The van der Waals surface area contributed by atoms with Gasteiger partial charge in [0, 0.05) is 6.54 Å². The number of nitrogens with zero attached hydrogens (tertiary/aromatic N) is 1. The fraction of sp³-hybridized carbons (Fsp3) is 0.143. The van der Waals surface area contributed by atoms with E-state index >= 15 is 0 Å². The van der Waals surface area contributed by atoms with Crippen LogP contribution in [0.15, 0.2) is 84.9 Å². The minimum absolute atomic E-state index is 0.228. The molecule has 1 heterocycles. The van der Waals surface area contributed by atoms with Crippen LogP contribution in [0.25, 0.3) is 0 Å². The standard InChI is InChI=1S/C21H19NO/c1-3-9-17(10-4-1)15-22-19-13-7-8-14-21(19)23-16-20(22)18-11-5-2-6-12-18/h1-14,20H,15-16H2. The Morgan fingerprint density at radius 1 is 0.783 bits per heavy atom. The lowest BCUT2D eigenvalue weighted by Crippen LogP contribution is -2.36. The summed E-state index contributed by atoms with van der Waals surface area (Å²) in [6.45, 7) is 1.55. The van der Waals surface area contributed by atoms with Crippen molar-refractivity contribution in [3.8, 4) is 5.75 Å². The van der Waals surface area contributed by atoms with Crippen LogP contribution in [-0.4, -0.2) is 6.61 Å². The predicted molar refractivity (Wildman–Crippen MR) is 93.7 cm³/mol. The highest BCUT2D eigenvalue weighted by Crippen LogP contribution is 2.40. The molecule has 2 heteroatoms. The van der Waals surface area contributed by atoms with Gasteiger partial charge in [-0.2, -0.15) is 0 Å². The fourth-order valence-corrected chi connectivity index (χ4v) is 3.17. The van der Waals surface area contributed by atoms with Crippen LogP contribution < -0.4 is 9.64 Å². The molecule has 0 saturated carbocycles. The molecule has 4 rings (SSSR count). The predicted octanol–water partition coefficient (Wildman–Crippen LogP) is 4.83. The molecule has 0 spiro atoms. The molecule has 0 N–H and O–H groups in total. The molecule has 0 saturated heterocycles. The molecule has 1 aliphatic rings. The summed E-state index contributed by atoms with van der Waals surface area (Å²) < 4.78 is 6.02. The minimum Gasteiger partial charge on any atom is -0.489 e. The molecular weight excluding hydrogens is 282 g/mol. The number of rotatable bonds is 3. The molecule has 3 aromatic carbocycles. The Morgan fingerprint density at radius 2 is 1.43 bits per heavy atom. The normalized spacial score (nSPS) is 16.5. The summed E-state index contributed by atoms with van der Waals surface area (Å²) in [5, 5.41) is 0. The van der Waals surface area contributed by atoms with E-state index in [1.54, 1.807) is 0 Å². The van der Waals surface area contributed by atoms with Gasteiger partial charge < -0.3 is 9.64 Å². The Bertz CT molecular complexity index is 770. The maximum Gasteiger partial charge on any atom is 0.142 e. The number of hydrogen-bond donors (Lipinski definition) is 0. The molecule has 114 valence electrons. The first-order valence-electron chi connectivity index (χ1n) is 7.99. The van der Waals surface area contributed by atoms with Gasteiger partial charge in [0.2, 0.25) is 0 Å². The van der Waals surface area contributed by atoms with Crippen molar-refractivity contribution in [1.29, 1.82) is 0 Å². The van der Waals surface area contributed by atoms with Crippen LogP contribution in [0, 0.1) is 0 Å². The van der Waals surface area contributed by atoms with Crippen molar-refractivity contribution in [3.05, 3.63) is 96.1 Å². The molecule has 1 atom stereocenters. The molecular formula is C21H19NO. The maximum absolute atomic E-state index is 6.02. The highest BCUT2D eigenvalue weighted by molar-refractivity contribution is 5.61. The Hall–Kier alpha value is -2.74. The molecule has 1 aliphatic heterocycles. The first kappa shape index (κ1) is 13.9. The van der Waals surface area contributed by atoms with E-state index in [0.717, 1.165) is 18.0 Å². The molecule has 0 amide bonds. The van der Waals surface area contributed by atoms with Gasteiger partial charge in [-0.3, -0.25) is 0 Å². The summed E-state index contributed by atoms with van der Waals surface area (Å²) in [6, 6.07) is 29.8. The number of para-hydroxylation sites is 2. The van der Waals surface area contributed by atoms with Gasteiger partial charge in [0.05, 0.1) is 11.7 Å². The van der Waals surface area contributed by atoms with E-state index in [1.807, 2.05) is 6.07 Å². The minimum atomic E-state index is 0.228. The first-order valence-corrected chi connectivity index (χ1v) is 7.99. The summed E-state index contributed by atoms with van der Waals surface area (Å²) in [5.41, 5.74) is 3.76. The van der Waals surface area contributed by atoms with Gasteiger partial charge in [0.15, 0.2) is 0 Å². The molecule has 0 bridgehead atoms. The largest absolute Gasteiger partial charge is 0.489 e. The maximum atomic E-state index is 6.02. The van der Waals surface area contributed by atoms with Gasteiger partial charge in [-0.25, -0.2) is 0 Å². The third-order valence-electron chi connectivity index (χ3n) is 4.33. The zero-order chi connectivity index (χ0) is 15.5. The smallest absolute Gasteiger partial charge is 0.142 e. The summed E-state index contributed by atoms with van der Waals surface area (Å²) in [7, 11) is 0. The van der Waals surface area contributed by atoms with Crippen LogP contribution in [0.5, 0.6) is 5.75 Å². The Kier molecular flexibility index (Phi) is 3.73. The summed E-state index contributed by atoms with van der Waals surface area (Å²) in [6.07, 6.45) is 0. The topological polar surface area (TPSA) is 12.5 Å². The van der Waals surface area contributed by atoms with Crippen molar-refractivity contribution in [2.45, 2.75) is 12.6 Å². The van der Waals surface area contributed by atoms with Crippen LogP contribution in [-0.2, 0) is 6.54 Å². The average molecular weight is 301 g/mol. The second-order valence-corrected chi connectivity index (χ2v) is 5.82. The molecule has 3 aromatic rings. The molecule has 0 radical (unpaired) electrons. The van der Waals surface area contributed by atoms with Crippen molar-refractivity contribution in [3.63, 3.8) is 0 Å². The van der Waals surface area contributed by atoms with Gasteiger partial charge >= 0.3 is 0 Å². The van der Waals surface area contributed by atoms with Crippen LogP contribution in [0.2, 0.25) is 0 Å². The van der Waals surface area contributed by atoms with Crippen molar-refractivity contribution >= 4 is 5.69 Å². The molecule has 2 nitrogen and oxygen atoms in total. The summed E-state index contributed by atoms with van der Waals surface area (Å²) in [4.78, 5) is 2.45.